The summed E-state index contributed by atoms with van der Waals surface area (Å²) in [6.07, 6.45) is 0.706. The van der Waals surface area contributed by atoms with E-state index in [2.05, 4.69) is 5.32 Å². The van der Waals surface area contributed by atoms with Gasteiger partial charge in [-0.25, -0.2) is 17.1 Å². The molecule has 0 aromatic heterocycles. The summed E-state index contributed by atoms with van der Waals surface area (Å²) in [6, 6.07) is 6.12. The van der Waals surface area contributed by atoms with Gasteiger partial charge in [0.2, 0.25) is 15.9 Å². The average molecular weight is 300 g/mol. The van der Waals surface area contributed by atoms with Crippen molar-refractivity contribution in [2.75, 3.05) is 19.8 Å². The lowest BCUT2D eigenvalue weighted by Gasteiger charge is -2.11. The Hall–Kier alpha value is -1.47. The van der Waals surface area contributed by atoms with Crippen molar-refractivity contribution in [3.05, 3.63) is 35.6 Å². The van der Waals surface area contributed by atoms with Crippen LogP contribution in [0.1, 0.15) is 17.9 Å². The Morgan fingerprint density at radius 3 is 2.75 bits per heavy atom. The molecule has 0 saturated heterocycles. The second kappa shape index (κ2) is 5.49. The minimum atomic E-state index is -3.54. The van der Waals surface area contributed by atoms with Crippen LogP contribution in [0.3, 0.4) is 0 Å². The van der Waals surface area contributed by atoms with E-state index in [1.165, 1.54) is 26.2 Å². The average Bonchev–Trinajstić information content (AvgIpc) is 3.07. The van der Waals surface area contributed by atoms with Crippen molar-refractivity contribution < 1.29 is 17.6 Å². The summed E-state index contributed by atoms with van der Waals surface area (Å²) in [5.41, 5.74) is 0.825. The number of sulfonamides is 1. The maximum Gasteiger partial charge on any atom is 0.236 e. The largest absolute Gasteiger partial charge is 0.352 e. The number of hydrogen-bond acceptors (Lipinski definition) is 3. The maximum absolute atomic E-state index is 13.1. The van der Waals surface area contributed by atoms with Crippen molar-refractivity contribution in [2.45, 2.75) is 18.4 Å². The molecular formula is C13H17FN2O3S. The fourth-order valence-corrected chi connectivity index (χ4v) is 2.68. The van der Waals surface area contributed by atoms with Crippen molar-refractivity contribution in [1.82, 2.24) is 9.62 Å². The molecule has 1 aliphatic rings. The maximum atomic E-state index is 13.1. The molecule has 2 atom stereocenters. The number of benzene rings is 1. The van der Waals surface area contributed by atoms with Gasteiger partial charge in [0.1, 0.15) is 11.6 Å². The predicted molar refractivity (Wildman–Crippen MR) is 73.2 cm³/mol. The first-order valence-corrected chi connectivity index (χ1v) is 7.85. The second-order valence-electron chi connectivity index (χ2n) is 5.11. The van der Waals surface area contributed by atoms with Crippen molar-refractivity contribution in [1.29, 1.82) is 0 Å². The summed E-state index contributed by atoms with van der Waals surface area (Å²) >= 11 is 0. The lowest BCUT2D eigenvalue weighted by Crippen LogP contribution is -2.37. The van der Waals surface area contributed by atoms with Gasteiger partial charge in [0, 0.05) is 26.1 Å². The first-order valence-electron chi connectivity index (χ1n) is 6.24. The zero-order chi connectivity index (χ0) is 14.9. The van der Waals surface area contributed by atoms with Crippen molar-refractivity contribution in [2.24, 2.45) is 0 Å². The summed E-state index contributed by atoms with van der Waals surface area (Å²) in [6.45, 7) is 0. The number of hydrogen-bond donors (Lipinski definition) is 1. The molecule has 2 rings (SSSR count). The molecule has 1 fully saturated rings. The molecule has 0 heterocycles. The van der Waals surface area contributed by atoms with E-state index in [1.807, 2.05) is 0 Å². The lowest BCUT2D eigenvalue weighted by atomic mass is 10.1. The molecule has 0 aliphatic heterocycles. The number of nitrogens with zero attached hydrogens (tertiary/aromatic N) is 1. The van der Waals surface area contributed by atoms with E-state index < -0.39 is 21.7 Å². The molecule has 1 N–H and O–H groups in total. The van der Waals surface area contributed by atoms with Gasteiger partial charge in [0.05, 0.1) is 0 Å². The predicted octanol–water partition coefficient (Wildman–Crippen LogP) is 0.689. The van der Waals surface area contributed by atoms with Gasteiger partial charge in [0.25, 0.3) is 0 Å². The summed E-state index contributed by atoms with van der Waals surface area (Å²) < 4.78 is 37.2. The number of carbonyl (C=O) groups excluding carboxylic acids is 1. The molecule has 0 spiro atoms. The van der Waals surface area contributed by atoms with Crippen LogP contribution in [0, 0.1) is 5.82 Å². The molecule has 7 heteroatoms. The number of carbonyl (C=O) groups is 1. The normalized spacial score (nSPS) is 21.8. The minimum Gasteiger partial charge on any atom is -0.352 e. The SMILES string of the molecule is CN(C)S(=O)(=O)CC(=O)N[C@H]1C[C@@H]1c1cccc(F)c1. The van der Waals surface area contributed by atoms with E-state index in [4.69, 9.17) is 0 Å². The first-order chi connectivity index (χ1) is 9.29. The smallest absolute Gasteiger partial charge is 0.236 e. The highest BCUT2D eigenvalue weighted by molar-refractivity contribution is 7.89. The highest BCUT2D eigenvalue weighted by Crippen LogP contribution is 2.40. The van der Waals surface area contributed by atoms with Crippen LogP contribution in [0.2, 0.25) is 0 Å². The molecule has 1 aromatic rings. The fraction of sp³-hybridized carbons (Fsp3) is 0.462. The lowest BCUT2D eigenvalue weighted by molar-refractivity contribution is -0.118. The molecule has 1 aromatic carbocycles. The van der Waals surface area contributed by atoms with Crippen LogP contribution in [0.4, 0.5) is 4.39 Å². The van der Waals surface area contributed by atoms with Crippen molar-refractivity contribution in [3.8, 4) is 0 Å². The standard InChI is InChI=1S/C13H17FN2O3S/c1-16(2)20(18,19)8-13(17)15-12-7-11(12)9-4-3-5-10(14)6-9/h3-6,11-12H,7-8H2,1-2H3,(H,15,17)/t11-,12+/m1/s1. The van der Waals surface area contributed by atoms with Gasteiger partial charge in [-0.05, 0) is 24.1 Å². The van der Waals surface area contributed by atoms with Gasteiger partial charge in [-0.15, -0.1) is 0 Å². The molecule has 110 valence electrons. The molecule has 0 bridgehead atoms. The molecule has 0 unspecified atom stereocenters. The van der Waals surface area contributed by atoms with Crippen molar-refractivity contribution in [3.63, 3.8) is 0 Å². The second-order valence-corrected chi connectivity index (χ2v) is 7.29. The van der Waals surface area contributed by atoms with Gasteiger partial charge >= 0.3 is 0 Å². The van der Waals surface area contributed by atoms with Crippen LogP contribution in [0.15, 0.2) is 24.3 Å². The van der Waals surface area contributed by atoms with E-state index in [1.54, 1.807) is 12.1 Å². The highest BCUT2D eigenvalue weighted by atomic mass is 32.2. The molecule has 1 amide bonds. The molecule has 20 heavy (non-hydrogen) atoms. The number of amides is 1. The van der Waals surface area contributed by atoms with E-state index in [9.17, 15) is 17.6 Å². The Kier molecular flexibility index (Phi) is 4.10. The molecule has 5 nitrogen and oxygen atoms in total. The Morgan fingerprint density at radius 2 is 2.15 bits per heavy atom. The number of rotatable bonds is 5. The third-order valence-corrected chi connectivity index (χ3v) is 5.02. The van der Waals surface area contributed by atoms with Crippen LogP contribution in [0.25, 0.3) is 0 Å². The monoisotopic (exact) mass is 300 g/mol. The van der Waals surface area contributed by atoms with Crippen LogP contribution in [-0.4, -0.2) is 44.5 Å². The van der Waals surface area contributed by atoms with Crippen molar-refractivity contribution >= 4 is 15.9 Å². The van der Waals surface area contributed by atoms with Gasteiger partial charge in [-0.1, -0.05) is 12.1 Å². The Labute approximate surface area is 117 Å². The zero-order valence-electron chi connectivity index (χ0n) is 11.3. The topological polar surface area (TPSA) is 66.5 Å². The third kappa shape index (κ3) is 3.55. The number of nitrogens with one attached hydrogen (secondary N) is 1. The fourth-order valence-electron chi connectivity index (χ4n) is 2.00. The number of halogens is 1. The third-order valence-electron chi connectivity index (χ3n) is 3.28. The van der Waals surface area contributed by atoms with Crippen LogP contribution in [-0.2, 0) is 14.8 Å². The van der Waals surface area contributed by atoms with E-state index in [0.717, 1.165) is 9.87 Å². The zero-order valence-corrected chi connectivity index (χ0v) is 12.2. The van der Waals surface area contributed by atoms with Gasteiger partial charge in [0.15, 0.2) is 0 Å². The summed E-state index contributed by atoms with van der Waals surface area (Å²) in [4.78, 5) is 11.7. The Morgan fingerprint density at radius 1 is 1.45 bits per heavy atom. The van der Waals surface area contributed by atoms with Gasteiger partial charge < -0.3 is 5.32 Å². The molecule has 1 aliphatic carbocycles. The highest BCUT2D eigenvalue weighted by Gasteiger charge is 2.40. The van der Waals surface area contributed by atoms with Crippen LogP contribution >= 0.6 is 0 Å². The van der Waals surface area contributed by atoms with E-state index >= 15 is 0 Å². The summed E-state index contributed by atoms with van der Waals surface area (Å²) in [7, 11) is -0.774. The Balaban J connectivity index is 1.90. The molecule has 1 saturated carbocycles. The molecular weight excluding hydrogens is 283 g/mol. The van der Waals surface area contributed by atoms with Crippen LogP contribution in [0.5, 0.6) is 0 Å². The van der Waals surface area contributed by atoms with Gasteiger partial charge in [-0.2, -0.15) is 0 Å². The minimum absolute atomic E-state index is 0.0664. The van der Waals surface area contributed by atoms with Gasteiger partial charge in [-0.3, -0.25) is 4.79 Å². The van der Waals surface area contributed by atoms with Crippen LogP contribution < -0.4 is 5.32 Å². The van der Waals surface area contributed by atoms with E-state index in [0.29, 0.717) is 6.42 Å². The summed E-state index contributed by atoms with van der Waals surface area (Å²) in [5, 5.41) is 2.67. The summed E-state index contributed by atoms with van der Waals surface area (Å²) in [5.74, 6) is -1.33. The first kappa shape index (κ1) is 14.9. The quantitative estimate of drug-likeness (QED) is 0.870. The molecule has 0 radical (unpaired) electrons. The Bertz CT molecular complexity index is 616. The van der Waals surface area contributed by atoms with E-state index in [-0.39, 0.29) is 17.8 Å².